The molecule has 0 aliphatic carbocycles. The molecule has 0 spiro atoms. The minimum absolute atomic E-state index is 0.641. The molecule has 0 unspecified atom stereocenters. The molecule has 2 aliphatic heterocycles. The van der Waals surface area contributed by atoms with Crippen LogP contribution in [0.15, 0.2) is 48.5 Å². The van der Waals surface area contributed by atoms with Crippen LogP contribution in [0.2, 0.25) is 0 Å². The zero-order valence-electron chi connectivity index (χ0n) is 6.23. The topological polar surface area (TPSA) is 44.6 Å². The van der Waals surface area contributed by atoms with Gasteiger partial charge in [-0.25, -0.2) is 0 Å². The molecular formula is C8H7N2O2. The molecule has 0 bridgehead atoms. The molecule has 0 aromatic rings. The first-order valence-electron chi connectivity index (χ1n) is 3.49. The summed E-state index contributed by atoms with van der Waals surface area (Å²) in [6, 6.07) is 0. The number of nitrogens with one attached hydrogen (secondary N) is 1. The lowest BCUT2D eigenvalue weighted by molar-refractivity contribution is 0.143. The molecule has 4 nitrogen and oxygen atoms in total. The molecule has 4 heteroatoms. The largest absolute Gasteiger partial charge is 0.460 e. The predicted molar refractivity (Wildman–Crippen MR) is 41.9 cm³/mol. The maximum atomic E-state index is 5.16. The van der Waals surface area contributed by atoms with Crippen LogP contribution in [0.4, 0.5) is 0 Å². The molecule has 2 heterocycles. The number of nitrogens with zero attached hydrogens (tertiary/aromatic N) is 1. The lowest BCUT2D eigenvalue weighted by Crippen LogP contribution is -2.12. The third-order valence-corrected chi connectivity index (χ3v) is 1.37. The summed E-state index contributed by atoms with van der Waals surface area (Å²) >= 11 is 0. The van der Waals surface area contributed by atoms with Crippen LogP contribution < -0.4 is 10.8 Å². The minimum Gasteiger partial charge on any atom is -0.460 e. The van der Waals surface area contributed by atoms with Crippen LogP contribution in [-0.2, 0) is 9.57 Å². The van der Waals surface area contributed by atoms with Crippen molar-refractivity contribution in [2.24, 2.45) is 0 Å². The molecule has 2 rings (SSSR count). The Morgan fingerprint density at radius 3 is 3.00 bits per heavy atom. The van der Waals surface area contributed by atoms with Gasteiger partial charge in [-0.15, -0.1) is 0 Å². The number of hydrogen-bond donors (Lipinski definition) is 1. The summed E-state index contributed by atoms with van der Waals surface area (Å²) in [5.41, 5.74) is 4.42. The second-order valence-corrected chi connectivity index (χ2v) is 2.17. The molecule has 2 aliphatic rings. The monoisotopic (exact) mass is 163 g/mol. The SMILES string of the molecule is C1=CO[N]C(C2=CNC=CO2)=C1. The summed E-state index contributed by atoms with van der Waals surface area (Å²) in [6.45, 7) is 0. The number of rotatable bonds is 1. The Hall–Kier alpha value is -1.84. The van der Waals surface area contributed by atoms with Gasteiger partial charge in [0.1, 0.15) is 18.2 Å². The van der Waals surface area contributed by atoms with E-state index in [0.29, 0.717) is 11.5 Å². The summed E-state index contributed by atoms with van der Waals surface area (Å²) in [6.07, 6.45) is 9.99. The molecular weight excluding hydrogens is 156 g/mol. The highest BCUT2D eigenvalue weighted by Gasteiger charge is 2.10. The summed E-state index contributed by atoms with van der Waals surface area (Å²) in [5, 5.41) is 2.88. The lowest BCUT2D eigenvalue weighted by atomic mass is 10.3. The van der Waals surface area contributed by atoms with Gasteiger partial charge < -0.3 is 14.9 Å². The molecule has 0 fully saturated rings. The van der Waals surface area contributed by atoms with E-state index in [0.717, 1.165) is 0 Å². The van der Waals surface area contributed by atoms with Crippen molar-refractivity contribution in [3.05, 3.63) is 48.5 Å². The van der Waals surface area contributed by atoms with Crippen LogP contribution in [0, 0.1) is 0 Å². The highest BCUT2D eigenvalue weighted by molar-refractivity contribution is 5.29. The Bertz CT molecular complexity index is 289. The van der Waals surface area contributed by atoms with Crippen molar-refractivity contribution < 1.29 is 9.57 Å². The van der Waals surface area contributed by atoms with Crippen LogP contribution in [-0.4, -0.2) is 0 Å². The fourth-order valence-corrected chi connectivity index (χ4v) is 0.849. The molecule has 61 valence electrons. The van der Waals surface area contributed by atoms with Gasteiger partial charge >= 0.3 is 0 Å². The lowest BCUT2D eigenvalue weighted by Gasteiger charge is -2.13. The fourth-order valence-electron chi connectivity index (χ4n) is 0.849. The zero-order chi connectivity index (χ0) is 8.23. The van der Waals surface area contributed by atoms with Gasteiger partial charge in [0, 0.05) is 12.4 Å². The summed E-state index contributed by atoms with van der Waals surface area (Å²) in [5.74, 6) is 0.641. The van der Waals surface area contributed by atoms with Gasteiger partial charge in [-0.1, -0.05) is 5.48 Å². The highest BCUT2D eigenvalue weighted by Crippen LogP contribution is 2.14. The molecule has 1 radical (unpaired) electrons. The molecule has 1 N–H and O–H groups in total. The van der Waals surface area contributed by atoms with Gasteiger partial charge in [0.05, 0.1) is 0 Å². The van der Waals surface area contributed by atoms with Crippen molar-refractivity contribution >= 4 is 0 Å². The Kier molecular flexibility index (Phi) is 1.74. The first kappa shape index (κ1) is 6.84. The van der Waals surface area contributed by atoms with E-state index >= 15 is 0 Å². The van der Waals surface area contributed by atoms with Crippen molar-refractivity contribution in [1.29, 1.82) is 0 Å². The Morgan fingerprint density at radius 1 is 1.33 bits per heavy atom. The summed E-state index contributed by atoms with van der Waals surface area (Å²) in [7, 11) is 0. The first-order valence-corrected chi connectivity index (χ1v) is 3.49. The maximum Gasteiger partial charge on any atom is 0.171 e. The van der Waals surface area contributed by atoms with Gasteiger partial charge in [-0.05, 0) is 12.2 Å². The molecule has 0 saturated heterocycles. The van der Waals surface area contributed by atoms with Crippen LogP contribution in [0.1, 0.15) is 0 Å². The van der Waals surface area contributed by atoms with Gasteiger partial charge in [0.15, 0.2) is 5.76 Å². The third kappa shape index (κ3) is 1.27. The second kappa shape index (κ2) is 3.04. The van der Waals surface area contributed by atoms with Crippen molar-refractivity contribution in [2.75, 3.05) is 0 Å². The number of ether oxygens (including phenoxy) is 1. The van der Waals surface area contributed by atoms with E-state index in [2.05, 4.69) is 10.8 Å². The van der Waals surface area contributed by atoms with Crippen LogP contribution >= 0.6 is 0 Å². The first-order chi connectivity index (χ1) is 5.97. The molecule has 0 atom stereocenters. The van der Waals surface area contributed by atoms with Crippen molar-refractivity contribution in [1.82, 2.24) is 10.8 Å². The maximum absolute atomic E-state index is 5.16. The second-order valence-electron chi connectivity index (χ2n) is 2.17. The van der Waals surface area contributed by atoms with Gasteiger partial charge in [0.2, 0.25) is 0 Å². The van der Waals surface area contributed by atoms with E-state index in [1.165, 1.54) is 6.26 Å². The highest BCUT2D eigenvalue weighted by atomic mass is 16.6. The summed E-state index contributed by atoms with van der Waals surface area (Å²) in [4.78, 5) is 4.74. The normalized spacial score (nSPS) is 19.3. The van der Waals surface area contributed by atoms with E-state index in [1.807, 2.05) is 0 Å². The van der Waals surface area contributed by atoms with Crippen LogP contribution in [0.3, 0.4) is 0 Å². The number of hydrogen-bond acceptors (Lipinski definition) is 3. The molecule has 0 aromatic heterocycles. The van der Waals surface area contributed by atoms with Crippen molar-refractivity contribution in [3.8, 4) is 0 Å². The van der Waals surface area contributed by atoms with E-state index < -0.39 is 0 Å². The average Bonchev–Trinajstić information content (AvgIpc) is 2.21. The van der Waals surface area contributed by atoms with Gasteiger partial charge in [-0.3, -0.25) is 0 Å². The fraction of sp³-hybridized carbons (Fsp3) is 0. The smallest absolute Gasteiger partial charge is 0.171 e. The number of allylic oxidation sites excluding steroid dienone is 2. The Labute approximate surface area is 69.8 Å². The van der Waals surface area contributed by atoms with E-state index in [4.69, 9.17) is 9.57 Å². The molecule has 0 aromatic carbocycles. The van der Waals surface area contributed by atoms with Crippen molar-refractivity contribution in [2.45, 2.75) is 0 Å². The molecule has 0 amide bonds. The minimum atomic E-state index is 0.641. The Morgan fingerprint density at radius 2 is 2.33 bits per heavy atom. The zero-order valence-corrected chi connectivity index (χ0v) is 6.23. The van der Waals surface area contributed by atoms with E-state index in [9.17, 15) is 0 Å². The predicted octanol–water partition coefficient (Wildman–Crippen LogP) is 0.866. The number of hydroxylamine groups is 1. The van der Waals surface area contributed by atoms with Gasteiger partial charge in [-0.2, -0.15) is 0 Å². The van der Waals surface area contributed by atoms with E-state index in [-0.39, 0.29) is 0 Å². The molecule has 0 saturated carbocycles. The van der Waals surface area contributed by atoms with Crippen molar-refractivity contribution in [3.63, 3.8) is 0 Å². The standard InChI is InChI=1S/C8H7N2O2/c1-2-7(10-12-4-1)8-6-9-3-5-11-8/h1-6,9H. The third-order valence-electron chi connectivity index (χ3n) is 1.37. The molecule has 12 heavy (non-hydrogen) atoms. The quantitative estimate of drug-likeness (QED) is 0.623. The van der Waals surface area contributed by atoms with E-state index in [1.54, 1.807) is 30.8 Å². The Balaban J connectivity index is 2.13. The van der Waals surface area contributed by atoms with Gasteiger partial charge in [0.25, 0.3) is 0 Å². The average molecular weight is 163 g/mol. The van der Waals surface area contributed by atoms with Crippen LogP contribution in [0.25, 0.3) is 0 Å². The van der Waals surface area contributed by atoms with Crippen LogP contribution in [0.5, 0.6) is 0 Å². The summed E-state index contributed by atoms with van der Waals surface area (Å²) < 4.78 is 5.16.